The zero-order valence-corrected chi connectivity index (χ0v) is 11.3. The van der Waals surface area contributed by atoms with Crippen LogP contribution >= 0.6 is 0 Å². The van der Waals surface area contributed by atoms with Crippen LogP contribution < -0.4 is 4.74 Å². The highest BCUT2D eigenvalue weighted by Crippen LogP contribution is 2.20. The van der Waals surface area contributed by atoms with Crippen LogP contribution in [-0.2, 0) is 11.2 Å². The molecule has 0 heterocycles. The van der Waals surface area contributed by atoms with Crippen molar-refractivity contribution in [3.63, 3.8) is 0 Å². The van der Waals surface area contributed by atoms with Crippen LogP contribution in [-0.4, -0.2) is 17.7 Å². The first-order chi connectivity index (χ1) is 8.49. The van der Waals surface area contributed by atoms with Crippen LogP contribution in [0.15, 0.2) is 24.3 Å². The Morgan fingerprint density at radius 1 is 1.28 bits per heavy atom. The van der Waals surface area contributed by atoms with Gasteiger partial charge in [-0.25, -0.2) is 0 Å². The molecular formula is C15H22O3. The lowest BCUT2D eigenvalue weighted by molar-refractivity contribution is -0.136. The lowest BCUT2D eigenvalue weighted by Gasteiger charge is -2.16. The smallest absolute Gasteiger partial charge is 0.307 e. The van der Waals surface area contributed by atoms with E-state index < -0.39 is 5.97 Å². The van der Waals surface area contributed by atoms with Gasteiger partial charge in [0.2, 0.25) is 0 Å². The Balaban J connectivity index is 2.58. The standard InChI is InChI=1S/C15H22O3/c1-11(2)8-12(3)10-18-14-7-5-4-6-13(14)9-15(16)17/h4-7,11-12H,8-10H2,1-3H3,(H,16,17). The van der Waals surface area contributed by atoms with Crippen molar-refractivity contribution >= 4 is 5.97 Å². The van der Waals surface area contributed by atoms with Crippen molar-refractivity contribution in [2.75, 3.05) is 6.61 Å². The Kier molecular flexibility index (Phi) is 5.69. The molecule has 0 aliphatic rings. The van der Waals surface area contributed by atoms with E-state index in [0.717, 1.165) is 12.0 Å². The number of aliphatic carboxylic acids is 1. The topological polar surface area (TPSA) is 46.5 Å². The molecule has 0 radical (unpaired) electrons. The zero-order valence-electron chi connectivity index (χ0n) is 11.3. The first-order valence-corrected chi connectivity index (χ1v) is 6.41. The summed E-state index contributed by atoms with van der Waals surface area (Å²) in [5, 5.41) is 8.83. The molecule has 1 N–H and O–H groups in total. The number of ether oxygens (including phenoxy) is 1. The van der Waals surface area contributed by atoms with Gasteiger partial charge >= 0.3 is 5.97 Å². The average molecular weight is 250 g/mol. The summed E-state index contributed by atoms with van der Waals surface area (Å²) in [6, 6.07) is 7.34. The molecule has 100 valence electrons. The molecule has 3 nitrogen and oxygen atoms in total. The van der Waals surface area contributed by atoms with Crippen LogP contribution in [0.5, 0.6) is 5.75 Å². The molecule has 1 atom stereocenters. The second-order valence-electron chi connectivity index (χ2n) is 5.22. The predicted molar refractivity (Wildman–Crippen MR) is 71.9 cm³/mol. The van der Waals surface area contributed by atoms with E-state index in [1.54, 1.807) is 6.07 Å². The summed E-state index contributed by atoms with van der Waals surface area (Å²) < 4.78 is 5.74. The quantitative estimate of drug-likeness (QED) is 0.807. The molecule has 3 heteroatoms. The third-order valence-corrected chi connectivity index (χ3v) is 2.71. The van der Waals surface area contributed by atoms with E-state index in [9.17, 15) is 4.79 Å². The summed E-state index contributed by atoms with van der Waals surface area (Å²) in [7, 11) is 0. The fraction of sp³-hybridized carbons (Fsp3) is 0.533. The molecular weight excluding hydrogens is 228 g/mol. The van der Waals surface area contributed by atoms with Crippen molar-refractivity contribution in [2.24, 2.45) is 11.8 Å². The number of carboxylic acid groups (broad SMARTS) is 1. The van der Waals surface area contributed by atoms with E-state index in [4.69, 9.17) is 9.84 Å². The molecule has 1 aromatic carbocycles. The van der Waals surface area contributed by atoms with Crippen LogP contribution in [0.3, 0.4) is 0 Å². The molecule has 18 heavy (non-hydrogen) atoms. The molecule has 1 unspecified atom stereocenters. The van der Waals surface area contributed by atoms with Gasteiger partial charge in [0, 0.05) is 5.56 Å². The van der Waals surface area contributed by atoms with Crippen LogP contribution in [0.4, 0.5) is 0 Å². The first kappa shape index (κ1) is 14.6. The maximum Gasteiger partial charge on any atom is 0.307 e. The monoisotopic (exact) mass is 250 g/mol. The summed E-state index contributed by atoms with van der Waals surface area (Å²) in [4.78, 5) is 10.7. The number of carboxylic acids is 1. The predicted octanol–water partition coefficient (Wildman–Crippen LogP) is 3.37. The molecule has 0 fully saturated rings. The van der Waals surface area contributed by atoms with Gasteiger partial charge in [-0.3, -0.25) is 4.79 Å². The summed E-state index contributed by atoms with van der Waals surface area (Å²) >= 11 is 0. The molecule has 0 aliphatic heterocycles. The summed E-state index contributed by atoms with van der Waals surface area (Å²) in [6.45, 7) is 7.17. The number of rotatable bonds is 7. The summed E-state index contributed by atoms with van der Waals surface area (Å²) in [5.74, 6) is 0.984. The molecule has 1 aromatic rings. The Bertz CT molecular complexity index is 385. The molecule has 0 saturated heterocycles. The SMILES string of the molecule is CC(C)CC(C)COc1ccccc1CC(=O)O. The zero-order chi connectivity index (χ0) is 13.5. The molecule has 0 saturated carbocycles. The number of hydrogen-bond donors (Lipinski definition) is 1. The van der Waals surface area contributed by atoms with Gasteiger partial charge in [-0.1, -0.05) is 39.0 Å². The number of hydrogen-bond acceptors (Lipinski definition) is 2. The van der Waals surface area contributed by atoms with Crippen LogP contribution in [0, 0.1) is 11.8 Å². The van der Waals surface area contributed by atoms with Crippen molar-refractivity contribution in [2.45, 2.75) is 33.6 Å². The Morgan fingerprint density at radius 3 is 2.56 bits per heavy atom. The van der Waals surface area contributed by atoms with Crippen LogP contribution in [0.1, 0.15) is 32.8 Å². The summed E-state index contributed by atoms with van der Waals surface area (Å²) in [6.07, 6.45) is 1.12. The van der Waals surface area contributed by atoms with E-state index in [1.807, 2.05) is 18.2 Å². The molecule has 0 spiro atoms. The van der Waals surface area contributed by atoms with Crippen molar-refractivity contribution in [1.29, 1.82) is 0 Å². The van der Waals surface area contributed by atoms with Gasteiger partial charge in [-0.15, -0.1) is 0 Å². The lowest BCUT2D eigenvalue weighted by atomic mass is 10.00. The molecule has 0 amide bonds. The maximum absolute atomic E-state index is 10.7. The van der Waals surface area contributed by atoms with Crippen molar-refractivity contribution in [3.8, 4) is 5.75 Å². The van der Waals surface area contributed by atoms with Gasteiger partial charge in [0.05, 0.1) is 13.0 Å². The molecule has 0 aliphatic carbocycles. The first-order valence-electron chi connectivity index (χ1n) is 6.41. The molecule has 0 aromatic heterocycles. The van der Waals surface area contributed by atoms with Crippen molar-refractivity contribution < 1.29 is 14.6 Å². The Morgan fingerprint density at radius 2 is 1.94 bits per heavy atom. The number of carbonyl (C=O) groups is 1. The fourth-order valence-corrected chi connectivity index (χ4v) is 2.06. The van der Waals surface area contributed by atoms with Crippen LogP contribution in [0.2, 0.25) is 0 Å². The third-order valence-electron chi connectivity index (χ3n) is 2.71. The number of para-hydroxylation sites is 1. The number of benzene rings is 1. The van der Waals surface area contributed by atoms with E-state index in [0.29, 0.717) is 24.2 Å². The fourth-order valence-electron chi connectivity index (χ4n) is 2.06. The van der Waals surface area contributed by atoms with E-state index in [1.165, 1.54) is 0 Å². The summed E-state index contributed by atoms with van der Waals surface area (Å²) in [5.41, 5.74) is 0.738. The highest BCUT2D eigenvalue weighted by Gasteiger charge is 2.10. The van der Waals surface area contributed by atoms with Gasteiger partial charge in [-0.05, 0) is 24.3 Å². The highest BCUT2D eigenvalue weighted by molar-refractivity contribution is 5.71. The normalized spacial score (nSPS) is 12.4. The van der Waals surface area contributed by atoms with Crippen LogP contribution in [0.25, 0.3) is 0 Å². The largest absolute Gasteiger partial charge is 0.493 e. The van der Waals surface area contributed by atoms with Gasteiger partial charge in [0.25, 0.3) is 0 Å². The Labute approximate surface area is 109 Å². The third kappa shape index (κ3) is 5.21. The second-order valence-corrected chi connectivity index (χ2v) is 5.22. The van der Waals surface area contributed by atoms with Gasteiger partial charge in [0.15, 0.2) is 0 Å². The highest BCUT2D eigenvalue weighted by atomic mass is 16.5. The van der Waals surface area contributed by atoms with Crippen molar-refractivity contribution in [1.82, 2.24) is 0 Å². The molecule has 1 rings (SSSR count). The minimum Gasteiger partial charge on any atom is -0.493 e. The van der Waals surface area contributed by atoms with Gasteiger partial charge < -0.3 is 9.84 Å². The Hall–Kier alpha value is -1.51. The maximum atomic E-state index is 10.7. The molecule has 0 bridgehead atoms. The van der Waals surface area contributed by atoms with Gasteiger partial charge in [-0.2, -0.15) is 0 Å². The van der Waals surface area contributed by atoms with Crippen molar-refractivity contribution in [3.05, 3.63) is 29.8 Å². The van der Waals surface area contributed by atoms with E-state index in [-0.39, 0.29) is 6.42 Å². The van der Waals surface area contributed by atoms with E-state index >= 15 is 0 Å². The van der Waals surface area contributed by atoms with E-state index in [2.05, 4.69) is 20.8 Å². The van der Waals surface area contributed by atoms with Gasteiger partial charge in [0.1, 0.15) is 5.75 Å². The average Bonchev–Trinajstić information content (AvgIpc) is 2.26. The lowest BCUT2D eigenvalue weighted by Crippen LogP contribution is -2.12. The minimum absolute atomic E-state index is 0.00867. The second kappa shape index (κ2) is 7.04. The minimum atomic E-state index is -0.832.